The fourth-order valence-corrected chi connectivity index (χ4v) is 2.24. The minimum atomic E-state index is -0.543. The summed E-state index contributed by atoms with van der Waals surface area (Å²) in [5.74, 6) is -0.543. The van der Waals surface area contributed by atoms with Gasteiger partial charge in [0.25, 0.3) is 0 Å². The zero-order valence-corrected chi connectivity index (χ0v) is 9.40. The molecule has 14 heavy (non-hydrogen) atoms. The summed E-state index contributed by atoms with van der Waals surface area (Å²) in [6, 6.07) is 5.66. The number of rotatable bonds is 3. The van der Waals surface area contributed by atoms with Gasteiger partial charge in [0.1, 0.15) is 0 Å². The number of carbonyl (C=O) groups is 1. The van der Waals surface area contributed by atoms with Crippen molar-refractivity contribution in [3.8, 4) is 6.07 Å². The molecule has 1 rings (SSSR count). The molecular weight excluding hydrogens is 245 g/mol. The van der Waals surface area contributed by atoms with Crippen LogP contribution >= 0.6 is 0 Å². The number of nitriles is 1. The van der Waals surface area contributed by atoms with Gasteiger partial charge < -0.3 is 0 Å². The number of ether oxygens (including phenoxy) is 1. The van der Waals surface area contributed by atoms with Gasteiger partial charge in [0, 0.05) is 0 Å². The molecule has 72 valence electrons. The van der Waals surface area contributed by atoms with Crippen LogP contribution in [0, 0.1) is 11.3 Å². The minimum absolute atomic E-state index is 0.0728. The summed E-state index contributed by atoms with van der Waals surface area (Å²) in [7, 11) is 0. The topological polar surface area (TPSA) is 50.1 Å². The Labute approximate surface area is 88.4 Å². The maximum absolute atomic E-state index is 11.2. The van der Waals surface area contributed by atoms with Gasteiger partial charge in [-0.2, -0.15) is 0 Å². The summed E-state index contributed by atoms with van der Waals surface area (Å²) in [5, 5.41) is 8.72. The van der Waals surface area contributed by atoms with E-state index < -0.39 is 5.97 Å². The molecule has 1 aromatic heterocycles. The van der Waals surface area contributed by atoms with E-state index in [1.165, 1.54) is 0 Å². The summed E-state index contributed by atoms with van der Waals surface area (Å²) < 4.78 is 5.75. The second-order valence-electron chi connectivity index (χ2n) is 2.41. The first kappa shape index (κ1) is 10.8. The maximum atomic E-state index is 11.2. The van der Waals surface area contributed by atoms with Gasteiger partial charge in [-0.1, -0.05) is 0 Å². The van der Waals surface area contributed by atoms with Crippen molar-refractivity contribution in [1.82, 2.24) is 0 Å². The Morgan fingerprint density at radius 3 is 3.07 bits per heavy atom. The second-order valence-corrected chi connectivity index (χ2v) is 4.46. The first-order valence-electron chi connectivity index (χ1n) is 4.10. The predicted molar refractivity (Wildman–Crippen MR) is 53.6 cm³/mol. The monoisotopic (exact) mass is 255 g/mol. The molecule has 0 aliphatic heterocycles. The molecule has 0 atom stereocenters. The second kappa shape index (κ2) is 5.43. The third kappa shape index (κ3) is 2.88. The first-order valence-corrected chi connectivity index (χ1v) is 5.95. The van der Waals surface area contributed by atoms with Crippen LogP contribution in [0.1, 0.15) is 11.4 Å². The molecule has 1 aromatic rings. The molecule has 0 unspecified atom stereocenters. The summed E-state index contributed by atoms with van der Waals surface area (Å²) in [6.07, 6.45) is 1.60. The van der Waals surface area contributed by atoms with Gasteiger partial charge in [-0.15, -0.1) is 0 Å². The summed E-state index contributed by atoms with van der Waals surface area (Å²) in [5.41, 5.74) is 0.0728. The third-order valence-electron chi connectivity index (χ3n) is 1.45. The van der Waals surface area contributed by atoms with Gasteiger partial charge >= 0.3 is 88.0 Å². The van der Waals surface area contributed by atoms with E-state index in [0.29, 0.717) is 6.61 Å². The van der Waals surface area contributed by atoms with Crippen molar-refractivity contribution in [3.05, 3.63) is 27.1 Å². The summed E-state index contributed by atoms with van der Waals surface area (Å²) in [6.45, 7) is 2.01. The zero-order valence-electron chi connectivity index (χ0n) is 7.69. The van der Waals surface area contributed by atoms with E-state index in [-0.39, 0.29) is 20.1 Å². The SMILES string of the molecule is CCOC(=O)/C(C#N)=C/c1ccc[se]1. The van der Waals surface area contributed by atoms with Gasteiger partial charge in [0.15, 0.2) is 0 Å². The Kier molecular flexibility index (Phi) is 4.18. The normalized spacial score (nSPS) is 10.7. The van der Waals surface area contributed by atoms with E-state index in [0.717, 1.165) is 4.44 Å². The Bertz CT molecular complexity index is 373. The first-order chi connectivity index (χ1) is 6.77. The summed E-state index contributed by atoms with van der Waals surface area (Å²) >= 11 is 0.245. The van der Waals surface area contributed by atoms with Gasteiger partial charge in [0.05, 0.1) is 0 Å². The molecule has 1 heterocycles. The average Bonchev–Trinajstić information content (AvgIpc) is 2.66. The molecule has 0 aliphatic rings. The van der Waals surface area contributed by atoms with Crippen molar-refractivity contribution in [1.29, 1.82) is 5.26 Å². The number of nitrogens with zero attached hydrogens (tertiary/aromatic N) is 1. The molecule has 3 nitrogen and oxygen atoms in total. The number of carbonyl (C=O) groups excluding carboxylic acids is 1. The molecule has 0 fully saturated rings. The van der Waals surface area contributed by atoms with Crippen molar-refractivity contribution < 1.29 is 9.53 Å². The van der Waals surface area contributed by atoms with Crippen LogP contribution in [0.2, 0.25) is 0 Å². The third-order valence-corrected chi connectivity index (χ3v) is 3.16. The molecule has 0 N–H and O–H groups in total. The van der Waals surface area contributed by atoms with Crippen molar-refractivity contribution in [2.24, 2.45) is 0 Å². The predicted octanol–water partition coefficient (Wildman–Crippen LogP) is 1.21. The van der Waals surface area contributed by atoms with E-state index in [2.05, 4.69) is 0 Å². The fraction of sp³-hybridized carbons (Fsp3) is 0.200. The molecule has 0 spiro atoms. The molecule has 0 radical (unpaired) electrons. The van der Waals surface area contributed by atoms with Crippen LogP contribution in [0.3, 0.4) is 0 Å². The molecule has 0 bridgehead atoms. The van der Waals surface area contributed by atoms with E-state index in [9.17, 15) is 4.79 Å². The number of esters is 1. The molecule has 0 saturated carbocycles. The van der Waals surface area contributed by atoms with Gasteiger partial charge in [-0.05, 0) is 0 Å². The Hall–Kier alpha value is -1.30. The van der Waals surface area contributed by atoms with Crippen LogP contribution in [-0.4, -0.2) is 27.1 Å². The van der Waals surface area contributed by atoms with Crippen LogP contribution in [0.15, 0.2) is 22.6 Å². The van der Waals surface area contributed by atoms with Crippen molar-refractivity contribution in [2.75, 3.05) is 6.61 Å². The molecule has 0 aromatic carbocycles. The van der Waals surface area contributed by atoms with Crippen LogP contribution < -0.4 is 0 Å². The van der Waals surface area contributed by atoms with Crippen molar-refractivity contribution >= 4 is 26.5 Å². The van der Waals surface area contributed by atoms with Gasteiger partial charge in [-0.25, -0.2) is 0 Å². The molecule has 0 saturated heterocycles. The van der Waals surface area contributed by atoms with Gasteiger partial charge in [0.2, 0.25) is 0 Å². The van der Waals surface area contributed by atoms with E-state index in [1.54, 1.807) is 13.0 Å². The number of hydrogen-bond acceptors (Lipinski definition) is 3. The zero-order chi connectivity index (χ0) is 10.4. The summed E-state index contributed by atoms with van der Waals surface area (Å²) in [4.78, 5) is 13.2. The Morgan fingerprint density at radius 1 is 1.79 bits per heavy atom. The van der Waals surface area contributed by atoms with Crippen LogP contribution in [0.25, 0.3) is 6.08 Å². The number of hydrogen-bond donors (Lipinski definition) is 0. The van der Waals surface area contributed by atoms with Crippen molar-refractivity contribution in [3.63, 3.8) is 0 Å². The van der Waals surface area contributed by atoms with Crippen LogP contribution in [0.5, 0.6) is 0 Å². The van der Waals surface area contributed by atoms with E-state index in [1.807, 2.05) is 23.1 Å². The van der Waals surface area contributed by atoms with Crippen LogP contribution in [0.4, 0.5) is 0 Å². The molecule has 0 amide bonds. The quantitative estimate of drug-likeness (QED) is 0.352. The van der Waals surface area contributed by atoms with E-state index in [4.69, 9.17) is 10.00 Å². The molecule has 0 aliphatic carbocycles. The molecular formula is C10H9NO2Se. The van der Waals surface area contributed by atoms with Crippen LogP contribution in [-0.2, 0) is 9.53 Å². The average molecular weight is 254 g/mol. The molecule has 4 heteroatoms. The fourth-order valence-electron chi connectivity index (χ4n) is 0.861. The Balaban J connectivity index is 2.83. The van der Waals surface area contributed by atoms with Gasteiger partial charge in [-0.3, -0.25) is 0 Å². The van der Waals surface area contributed by atoms with Crippen molar-refractivity contribution in [2.45, 2.75) is 6.92 Å². The van der Waals surface area contributed by atoms with E-state index >= 15 is 0 Å². The standard InChI is InChI=1S/C10H9NO2Se/c1-2-13-10(12)8(7-11)6-9-4-3-5-14-9/h3-6H,2H2,1H3/b8-6+. The Morgan fingerprint density at radius 2 is 2.57 bits per heavy atom.